The Morgan fingerprint density at radius 1 is 1.47 bits per heavy atom. The normalized spacial score (nSPS) is 12.6. The van der Waals surface area contributed by atoms with Crippen molar-refractivity contribution in [2.24, 2.45) is 0 Å². The fourth-order valence-corrected chi connectivity index (χ4v) is 1.52. The Hall–Kier alpha value is -1.56. The van der Waals surface area contributed by atoms with Crippen molar-refractivity contribution in [3.63, 3.8) is 0 Å². The van der Waals surface area contributed by atoms with E-state index in [0.717, 1.165) is 0 Å². The van der Waals surface area contributed by atoms with Crippen LogP contribution in [0.2, 0.25) is 0 Å². The summed E-state index contributed by atoms with van der Waals surface area (Å²) in [5, 5.41) is 11.4. The van der Waals surface area contributed by atoms with Gasteiger partial charge >= 0.3 is 12.0 Å². The molecular weight excluding hydrogens is 248 g/mol. The number of ether oxygens (including phenoxy) is 1. The number of rotatable bonds is 7. The van der Waals surface area contributed by atoms with Crippen molar-refractivity contribution in [1.82, 2.24) is 10.2 Å². The SMILES string of the molecule is C=CCN(C(=O)NCC(CC(=O)O)OC)C(C)(C)C. The summed E-state index contributed by atoms with van der Waals surface area (Å²) in [6, 6.07) is -0.264. The minimum absolute atomic E-state index is 0.145. The maximum Gasteiger partial charge on any atom is 0.318 e. The Labute approximate surface area is 114 Å². The number of hydrogen-bond donors (Lipinski definition) is 2. The monoisotopic (exact) mass is 272 g/mol. The van der Waals surface area contributed by atoms with Crippen LogP contribution in [0.25, 0.3) is 0 Å². The summed E-state index contributed by atoms with van der Waals surface area (Å²) < 4.78 is 5.00. The number of urea groups is 1. The predicted molar refractivity (Wildman–Crippen MR) is 73.1 cm³/mol. The molecule has 2 N–H and O–H groups in total. The van der Waals surface area contributed by atoms with Gasteiger partial charge in [0.15, 0.2) is 0 Å². The molecule has 0 saturated carbocycles. The second-order valence-electron chi connectivity index (χ2n) is 5.21. The van der Waals surface area contributed by atoms with Crippen LogP contribution in [0.1, 0.15) is 27.2 Å². The van der Waals surface area contributed by atoms with Gasteiger partial charge in [-0.1, -0.05) is 6.08 Å². The lowest BCUT2D eigenvalue weighted by Gasteiger charge is -2.35. The van der Waals surface area contributed by atoms with Crippen LogP contribution in [0.4, 0.5) is 4.79 Å². The Bertz CT molecular complexity index is 323. The van der Waals surface area contributed by atoms with Crippen LogP contribution in [0.5, 0.6) is 0 Å². The summed E-state index contributed by atoms with van der Waals surface area (Å²) in [5.41, 5.74) is -0.340. The smallest absolute Gasteiger partial charge is 0.318 e. The zero-order chi connectivity index (χ0) is 15.1. The predicted octanol–water partition coefficient (Wildman–Crippen LogP) is 1.47. The Morgan fingerprint density at radius 2 is 2.05 bits per heavy atom. The number of hydrogen-bond acceptors (Lipinski definition) is 3. The van der Waals surface area contributed by atoms with Crippen LogP contribution in [0, 0.1) is 0 Å². The van der Waals surface area contributed by atoms with E-state index in [1.54, 1.807) is 11.0 Å². The molecule has 1 unspecified atom stereocenters. The number of aliphatic carboxylic acids is 1. The van der Waals surface area contributed by atoms with Gasteiger partial charge in [0.25, 0.3) is 0 Å². The average Bonchev–Trinajstić information content (AvgIpc) is 2.29. The number of carbonyl (C=O) groups is 2. The van der Waals surface area contributed by atoms with Gasteiger partial charge in [0.2, 0.25) is 0 Å². The summed E-state index contributed by atoms with van der Waals surface area (Å²) in [7, 11) is 1.42. The van der Waals surface area contributed by atoms with E-state index in [1.807, 2.05) is 20.8 Å². The van der Waals surface area contributed by atoms with Crippen molar-refractivity contribution in [2.45, 2.75) is 38.8 Å². The fourth-order valence-electron chi connectivity index (χ4n) is 1.52. The third-order valence-electron chi connectivity index (χ3n) is 2.58. The van der Waals surface area contributed by atoms with Crippen LogP contribution in [0.15, 0.2) is 12.7 Å². The lowest BCUT2D eigenvalue weighted by atomic mass is 10.1. The van der Waals surface area contributed by atoms with Gasteiger partial charge < -0.3 is 20.1 Å². The molecule has 0 aromatic heterocycles. The van der Waals surface area contributed by atoms with E-state index in [0.29, 0.717) is 6.54 Å². The number of nitrogens with zero attached hydrogens (tertiary/aromatic N) is 1. The van der Waals surface area contributed by atoms with Crippen LogP contribution >= 0.6 is 0 Å². The second kappa shape index (κ2) is 7.78. The van der Waals surface area contributed by atoms with Crippen molar-refractivity contribution in [1.29, 1.82) is 0 Å². The molecule has 0 saturated heterocycles. The van der Waals surface area contributed by atoms with E-state index in [4.69, 9.17) is 9.84 Å². The van der Waals surface area contributed by atoms with Crippen LogP contribution in [0.3, 0.4) is 0 Å². The first kappa shape index (κ1) is 17.4. The Balaban J connectivity index is 4.48. The van der Waals surface area contributed by atoms with E-state index >= 15 is 0 Å². The molecule has 6 heteroatoms. The van der Waals surface area contributed by atoms with Gasteiger partial charge in [-0.15, -0.1) is 6.58 Å². The summed E-state index contributed by atoms with van der Waals surface area (Å²) >= 11 is 0. The van der Waals surface area contributed by atoms with Crippen LogP contribution < -0.4 is 5.32 Å². The van der Waals surface area contributed by atoms with Gasteiger partial charge in [-0.2, -0.15) is 0 Å². The zero-order valence-corrected chi connectivity index (χ0v) is 12.1. The molecule has 6 nitrogen and oxygen atoms in total. The van der Waals surface area contributed by atoms with Crippen molar-refractivity contribution in [3.8, 4) is 0 Å². The molecule has 0 bridgehead atoms. The molecule has 110 valence electrons. The zero-order valence-electron chi connectivity index (χ0n) is 12.1. The van der Waals surface area contributed by atoms with E-state index in [-0.39, 0.29) is 24.5 Å². The summed E-state index contributed by atoms with van der Waals surface area (Å²) in [5.74, 6) is -0.958. The van der Waals surface area contributed by atoms with Crippen LogP contribution in [-0.4, -0.2) is 53.8 Å². The van der Waals surface area contributed by atoms with Crippen molar-refractivity contribution >= 4 is 12.0 Å². The molecule has 0 aliphatic rings. The molecule has 0 aromatic carbocycles. The summed E-state index contributed by atoms with van der Waals surface area (Å²) in [4.78, 5) is 24.3. The summed E-state index contributed by atoms with van der Waals surface area (Å²) in [6.45, 7) is 9.96. The molecule has 0 aromatic rings. The van der Waals surface area contributed by atoms with Gasteiger partial charge in [0.05, 0.1) is 12.5 Å². The van der Waals surface area contributed by atoms with Crippen LogP contribution in [-0.2, 0) is 9.53 Å². The lowest BCUT2D eigenvalue weighted by Crippen LogP contribution is -2.51. The van der Waals surface area contributed by atoms with Crippen molar-refractivity contribution in [2.75, 3.05) is 20.2 Å². The maximum atomic E-state index is 12.1. The highest BCUT2D eigenvalue weighted by Crippen LogP contribution is 2.13. The van der Waals surface area contributed by atoms with Gasteiger partial charge in [0.1, 0.15) is 0 Å². The minimum atomic E-state index is -0.958. The highest BCUT2D eigenvalue weighted by molar-refractivity contribution is 5.75. The third kappa shape index (κ3) is 6.81. The average molecular weight is 272 g/mol. The topological polar surface area (TPSA) is 78.9 Å². The minimum Gasteiger partial charge on any atom is -0.481 e. The first-order valence-electron chi connectivity index (χ1n) is 6.13. The second-order valence-corrected chi connectivity index (χ2v) is 5.21. The third-order valence-corrected chi connectivity index (χ3v) is 2.58. The molecule has 1 atom stereocenters. The molecule has 0 fully saturated rings. The first-order chi connectivity index (χ1) is 8.72. The quantitative estimate of drug-likeness (QED) is 0.688. The number of methoxy groups -OCH3 is 1. The first-order valence-corrected chi connectivity index (χ1v) is 6.13. The van der Waals surface area contributed by atoms with Gasteiger partial charge in [-0.3, -0.25) is 4.79 Å². The fraction of sp³-hybridized carbons (Fsp3) is 0.692. The molecule has 0 heterocycles. The number of carbonyl (C=O) groups excluding carboxylic acids is 1. The number of carboxylic acid groups (broad SMARTS) is 1. The van der Waals surface area contributed by atoms with Gasteiger partial charge in [0, 0.05) is 25.7 Å². The van der Waals surface area contributed by atoms with Gasteiger partial charge in [-0.25, -0.2) is 4.79 Å². The number of carboxylic acids is 1. The Kier molecular flexibility index (Phi) is 7.14. The molecule has 0 radical (unpaired) electrons. The molecule has 2 amide bonds. The largest absolute Gasteiger partial charge is 0.481 e. The summed E-state index contributed by atoms with van der Waals surface area (Å²) in [6.07, 6.45) is 0.968. The van der Waals surface area contributed by atoms with E-state index in [9.17, 15) is 9.59 Å². The Morgan fingerprint density at radius 3 is 2.42 bits per heavy atom. The van der Waals surface area contributed by atoms with E-state index < -0.39 is 12.1 Å². The lowest BCUT2D eigenvalue weighted by molar-refractivity contribution is -0.139. The standard InChI is InChI=1S/C13H24N2O4/c1-6-7-15(13(2,3)4)12(18)14-9-10(19-5)8-11(16)17/h6,10H,1,7-9H2,2-5H3,(H,14,18)(H,16,17). The van der Waals surface area contributed by atoms with E-state index in [2.05, 4.69) is 11.9 Å². The van der Waals surface area contributed by atoms with Crippen molar-refractivity contribution in [3.05, 3.63) is 12.7 Å². The molecule has 0 rings (SSSR count). The highest BCUT2D eigenvalue weighted by Gasteiger charge is 2.25. The van der Waals surface area contributed by atoms with Crippen molar-refractivity contribution < 1.29 is 19.4 Å². The van der Waals surface area contributed by atoms with E-state index in [1.165, 1.54) is 7.11 Å². The highest BCUT2D eigenvalue weighted by atomic mass is 16.5. The van der Waals surface area contributed by atoms with Gasteiger partial charge in [-0.05, 0) is 20.8 Å². The maximum absolute atomic E-state index is 12.1. The molecule has 0 aliphatic carbocycles. The number of nitrogens with one attached hydrogen (secondary N) is 1. The molecular formula is C13H24N2O4. The molecule has 0 aliphatic heterocycles. The molecule has 0 spiro atoms. The number of amides is 2. The molecule has 19 heavy (non-hydrogen) atoms.